The second-order valence-corrected chi connectivity index (χ2v) is 5.78. The summed E-state index contributed by atoms with van der Waals surface area (Å²) in [6.07, 6.45) is 4.23. The van der Waals surface area contributed by atoms with Gasteiger partial charge in [0.1, 0.15) is 12.4 Å². The maximum absolute atomic E-state index is 11.4. The van der Waals surface area contributed by atoms with Crippen LogP contribution in [0.4, 0.5) is 0 Å². The van der Waals surface area contributed by atoms with Gasteiger partial charge in [0.25, 0.3) is 0 Å². The minimum Gasteiger partial charge on any atom is -0.462 e. The SMILES string of the molecule is C=CC1(C(C)C)CC(C)C(OC(C)=O)CC1C=O. The van der Waals surface area contributed by atoms with Gasteiger partial charge in [-0.15, -0.1) is 6.58 Å². The first kappa shape index (κ1) is 14.9. The van der Waals surface area contributed by atoms with Crippen molar-refractivity contribution < 1.29 is 14.3 Å². The van der Waals surface area contributed by atoms with Crippen molar-refractivity contribution in [2.75, 3.05) is 0 Å². The van der Waals surface area contributed by atoms with Crippen molar-refractivity contribution in [2.45, 2.75) is 46.6 Å². The molecule has 0 aliphatic heterocycles. The van der Waals surface area contributed by atoms with Gasteiger partial charge in [0, 0.05) is 18.3 Å². The summed E-state index contributed by atoms with van der Waals surface area (Å²) in [7, 11) is 0. The second-order valence-electron chi connectivity index (χ2n) is 5.78. The molecule has 1 aliphatic rings. The molecule has 0 aromatic rings. The van der Waals surface area contributed by atoms with Gasteiger partial charge in [-0.2, -0.15) is 0 Å². The molecule has 0 amide bonds. The monoisotopic (exact) mass is 252 g/mol. The summed E-state index contributed by atoms with van der Waals surface area (Å²) in [5, 5.41) is 0. The molecule has 0 aromatic carbocycles. The van der Waals surface area contributed by atoms with Crippen LogP contribution in [0.1, 0.15) is 40.5 Å². The van der Waals surface area contributed by atoms with Gasteiger partial charge in [0.05, 0.1) is 0 Å². The number of hydrogen-bond donors (Lipinski definition) is 0. The molecular formula is C15H24O3. The zero-order valence-electron chi connectivity index (χ0n) is 11.8. The Morgan fingerprint density at radius 3 is 2.50 bits per heavy atom. The normalized spacial score (nSPS) is 36.2. The zero-order chi connectivity index (χ0) is 13.9. The lowest BCUT2D eigenvalue weighted by Crippen LogP contribution is -2.46. The molecule has 0 radical (unpaired) electrons. The summed E-state index contributed by atoms with van der Waals surface area (Å²) < 4.78 is 5.32. The van der Waals surface area contributed by atoms with E-state index in [4.69, 9.17) is 4.74 Å². The third-order valence-corrected chi connectivity index (χ3v) is 4.42. The summed E-state index contributed by atoms with van der Waals surface area (Å²) in [4.78, 5) is 22.5. The molecule has 1 fully saturated rings. The van der Waals surface area contributed by atoms with Crippen LogP contribution >= 0.6 is 0 Å². The van der Waals surface area contributed by atoms with E-state index in [2.05, 4.69) is 27.4 Å². The summed E-state index contributed by atoms with van der Waals surface area (Å²) in [6.45, 7) is 11.7. The molecular weight excluding hydrogens is 228 g/mol. The van der Waals surface area contributed by atoms with Gasteiger partial charge < -0.3 is 9.53 Å². The molecule has 1 aliphatic carbocycles. The Hall–Kier alpha value is -1.12. The fraction of sp³-hybridized carbons (Fsp3) is 0.733. The van der Waals surface area contributed by atoms with E-state index < -0.39 is 0 Å². The molecule has 0 spiro atoms. The van der Waals surface area contributed by atoms with Gasteiger partial charge in [-0.3, -0.25) is 4.79 Å². The molecule has 18 heavy (non-hydrogen) atoms. The van der Waals surface area contributed by atoms with Crippen LogP contribution in [-0.2, 0) is 14.3 Å². The van der Waals surface area contributed by atoms with Gasteiger partial charge in [-0.1, -0.05) is 26.8 Å². The van der Waals surface area contributed by atoms with Crippen molar-refractivity contribution in [2.24, 2.45) is 23.2 Å². The molecule has 3 nitrogen and oxygen atoms in total. The van der Waals surface area contributed by atoms with Crippen LogP contribution in [0.15, 0.2) is 12.7 Å². The van der Waals surface area contributed by atoms with Crippen LogP contribution in [0.2, 0.25) is 0 Å². The summed E-state index contributed by atoms with van der Waals surface area (Å²) in [6, 6.07) is 0. The molecule has 0 saturated heterocycles. The third-order valence-electron chi connectivity index (χ3n) is 4.42. The number of aldehydes is 1. The van der Waals surface area contributed by atoms with E-state index >= 15 is 0 Å². The van der Waals surface area contributed by atoms with Crippen molar-refractivity contribution >= 4 is 12.3 Å². The van der Waals surface area contributed by atoms with Crippen molar-refractivity contribution in [3.63, 3.8) is 0 Å². The number of allylic oxidation sites excluding steroid dienone is 1. The van der Waals surface area contributed by atoms with Crippen LogP contribution in [0.25, 0.3) is 0 Å². The number of rotatable bonds is 4. The number of carbonyl (C=O) groups is 2. The molecule has 0 N–H and O–H groups in total. The fourth-order valence-electron chi connectivity index (χ4n) is 3.24. The summed E-state index contributed by atoms with van der Waals surface area (Å²) >= 11 is 0. The maximum Gasteiger partial charge on any atom is 0.302 e. The molecule has 0 aromatic heterocycles. The molecule has 102 valence electrons. The number of carbonyl (C=O) groups excluding carboxylic acids is 2. The van der Waals surface area contributed by atoms with E-state index in [9.17, 15) is 9.59 Å². The number of esters is 1. The van der Waals surface area contributed by atoms with E-state index in [1.807, 2.05) is 6.08 Å². The summed E-state index contributed by atoms with van der Waals surface area (Å²) in [5.74, 6) is 0.221. The Labute approximate surface area is 110 Å². The highest BCUT2D eigenvalue weighted by atomic mass is 16.5. The average molecular weight is 252 g/mol. The standard InChI is InChI=1S/C15H24O3/c1-6-15(10(2)3)8-11(4)14(18-12(5)17)7-13(15)9-16/h6,9-11,13-14H,1,7-8H2,2-5H3. The van der Waals surface area contributed by atoms with Gasteiger partial charge in [0.2, 0.25) is 0 Å². The Morgan fingerprint density at radius 2 is 2.11 bits per heavy atom. The lowest BCUT2D eigenvalue weighted by molar-refractivity contribution is -0.156. The third kappa shape index (κ3) is 2.65. The van der Waals surface area contributed by atoms with Crippen LogP contribution in [0, 0.1) is 23.2 Å². The quantitative estimate of drug-likeness (QED) is 0.439. The van der Waals surface area contributed by atoms with E-state index in [0.29, 0.717) is 12.3 Å². The van der Waals surface area contributed by atoms with Gasteiger partial charge in [-0.05, 0) is 24.7 Å². The van der Waals surface area contributed by atoms with Crippen LogP contribution in [0.5, 0.6) is 0 Å². The fourth-order valence-corrected chi connectivity index (χ4v) is 3.24. The highest BCUT2D eigenvalue weighted by Crippen LogP contribution is 2.49. The predicted molar refractivity (Wildman–Crippen MR) is 71.0 cm³/mol. The van der Waals surface area contributed by atoms with E-state index in [-0.39, 0.29) is 29.3 Å². The highest BCUT2D eigenvalue weighted by Gasteiger charge is 2.47. The molecule has 1 rings (SSSR count). The van der Waals surface area contributed by atoms with Crippen LogP contribution in [0.3, 0.4) is 0 Å². The largest absolute Gasteiger partial charge is 0.462 e. The molecule has 1 saturated carbocycles. The van der Waals surface area contributed by atoms with Crippen molar-refractivity contribution in [3.05, 3.63) is 12.7 Å². The van der Waals surface area contributed by atoms with Gasteiger partial charge in [-0.25, -0.2) is 0 Å². The number of ether oxygens (including phenoxy) is 1. The molecule has 4 atom stereocenters. The van der Waals surface area contributed by atoms with Crippen molar-refractivity contribution in [1.29, 1.82) is 0 Å². The first-order valence-corrected chi connectivity index (χ1v) is 6.63. The van der Waals surface area contributed by atoms with E-state index in [1.165, 1.54) is 6.92 Å². The first-order valence-electron chi connectivity index (χ1n) is 6.63. The molecule has 0 bridgehead atoms. The Morgan fingerprint density at radius 1 is 1.50 bits per heavy atom. The minimum absolute atomic E-state index is 0.115. The number of hydrogen-bond acceptors (Lipinski definition) is 3. The Kier molecular flexibility index (Phi) is 4.71. The highest BCUT2D eigenvalue weighted by molar-refractivity contribution is 5.66. The van der Waals surface area contributed by atoms with Crippen LogP contribution < -0.4 is 0 Å². The molecule has 3 heteroatoms. The smallest absolute Gasteiger partial charge is 0.302 e. The zero-order valence-corrected chi connectivity index (χ0v) is 11.8. The second kappa shape index (κ2) is 5.68. The first-order chi connectivity index (χ1) is 8.37. The molecule has 0 heterocycles. The van der Waals surface area contributed by atoms with Crippen LogP contribution in [-0.4, -0.2) is 18.4 Å². The Bertz CT molecular complexity index is 335. The molecule has 4 unspecified atom stereocenters. The topological polar surface area (TPSA) is 43.4 Å². The maximum atomic E-state index is 11.4. The van der Waals surface area contributed by atoms with E-state index in [1.54, 1.807) is 0 Å². The van der Waals surface area contributed by atoms with Crippen molar-refractivity contribution in [3.8, 4) is 0 Å². The van der Waals surface area contributed by atoms with Crippen molar-refractivity contribution in [1.82, 2.24) is 0 Å². The lowest BCUT2D eigenvalue weighted by Gasteiger charge is -2.48. The van der Waals surface area contributed by atoms with E-state index in [0.717, 1.165) is 12.7 Å². The minimum atomic E-state index is -0.271. The average Bonchev–Trinajstić information content (AvgIpc) is 2.30. The van der Waals surface area contributed by atoms with Gasteiger partial charge in [0.15, 0.2) is 0 Å². The van der Waals surface area contributed by atoms with Gasteiger partial charge >= 0.3 is 5.97 Å². The Balaban J connectivity index is 2.97. The lowest BCUT2D eigenvalue weighted by atomic mass is 9.58. The predicted octanol–water partition coefficient (Wildman–Crippen LogP) is 2.99. The summed E-state index contributed by atoms with van der Waals surface area (Å²) in [5.41, 5.74) is -0.169.